The summed E-state index contributed by atoms with van der Waals surface area (Å²) in [4.78, 5) is 13.0. The molecule has 1 aromatic carbocycles. The van der Waals surface area contributed by atoms with E-state index >= 15 is 0 Å². The van der Waals surface area contributed by atoms with E-state index in [-0.39, 0.29) is 6.10 Å². The Bertz CT molecular complexity index is 452. The molecular formula is C16H23N2O2. The van der Waals surface area contributed by atoms with Gasteiger partial charge < -0.3 is 15.0 Å². The van der Waals surface area contributed by atoms with Crippen molar-refractivity contribution in [1.29, 1.82) is 0 Å². The van der Waals surface area contributed by atoms with Crippen molar-refractivity contribution in [2.24, 2.45) is 0 Å². The van der Waals surface area contributed by atoms with Gasteiger partial charge in [0.15, 0.2) is 0 Å². The number of nitrogens with one attached hydrogen (secondary N) is 1. The zero-order chi connectivity index (χ0) is 14.5. The van der Waals surface area contributed by atoms with Crippen molar-refractivity contribution < 1.29 is 9.53 Å². The van der Waals surface area contributed by atoms with Crippen LogP contribution in [0.4, 0.5) is 5.69 Å². The molecule has 1 aliphatic heterocycles. The number of carbonyl (C=O) groups excluding carboxylic acids is 1. The fraction of sp³-hybridized carbons (Fsp3) is 0.500. The second kappa shape index (κ2) is 6.75. The van der Waals surface area contributed by atoms with Gasteiger partial charge >= 0.3 is 0 Å². The van der Waals surface area contributed by atoms with Crippen molar-refractivity contribution in [1.82, 2.24) is 4.90 Å². The molecule has 2 rings (SSSR count). The van der Waals surface area contributed by atoms with E-state index in [4.69, 9.17) is 4.74 Å². The second-order valence-electron chi connectivity index (χ2n) is 5.58. The average Bonchev–Trinajstić information content (AvgIpc) is 2.41. The Morgan fingerprint density at radius 3 is 2.85 bits per heavy atom. The number of rotatable bonds is 5. The fourth-order valence-electron chi connectivity index (χ4n) is 2.48. The van der Waals surface area contributed by atoms with Crippen LogP contribution in [0, 0.1) is 6.42 Å². The minimum atomic E-state index is 0.0823. The van der Waals surface area contributed by atoms with Crippen LogP contribution < -0.4 is 10.1 Å². The van der Waals surface area contributed by atoms with Gasteiger partial charge in [0.05, 0.1) is 11.8 Å². The Labute approximate surface area is 121 Å². The monoisotopic (exact) mass is 275 g/mol. The quantitative estimate of drug-likeness (QED) is 0.840. The maximum atomic E-state index is 10.7. The van der Waals surface area contributed by atoms with Crippen LogP contribution in [0.1, 0.15) is 31.7 Å². The maximum absolute atomic E-state index is 10.7. The first-order valence-electron chi connectivity index (χ1n) is 7.13. The molecule has 1 N–H and O–H groups in total. The summed E-state index contributed by atoms with van der Waals surface area (Å²) in [5, 5.41) is 2.69. The van der Waals surface area contributed by atoms with E-state index in [0.29, 0.717) is 12.3 Å². The lowest BCUT2D eigenvalue weighted by atomic mass is 9.89. The van der Waals surface area contributed by atoms with E-state index in [9.17, 15) is 4.79 Å². The lowest BCUT2D eigenvalue weighted by molar-refractivity contribution is -0.105. The van der Waals surface area contributed by atoms with Gasteiger partial charge in [-0.3, -0.25) is 4.79 Å². The van der Waals surface area contributed by atoms with Gasteiger partial charge in [-0.25, -0.2) is 0 Å². The predicted molar refractivity (Wildman–Crippen MR) is 81.0 cm³/mol. The molecule has 0 aliphatic carbocycles. The standard InChI is InChI=1S/C16H23N2O2/c1-12(2)20-16-10-14(4-5-15(16)17-11-19)13-6-8-18(3)9-7-13/h4-6,10-13H,7-9H2,1-3H3,(H,17,19). The van der Waals surface area contributed by atoms with Crippen molar-refractivity contribution in [3.05, 3.63) is 30.2 Å². The van der Waals surface area contributed by atoms with Crippen LogP contribution in [0.25, 0.3) is 0 Å². The number of piperidine rings is 1. The summed E-state index contributed by atoms with van der Waals surface area (Å²) in [7, 11) is 2.14. The summed E-state index contributed by atoms with van der Waals surface area (Å²) in [5.41, 5.74) is 1.98. The number of likely N-dealkylation sites (tertiary alicyclic amines) is 1. The van der Waals surface area contributed by atoms with Crippen LogP contribution >= 0.6 is 0 Å². The van der Waals surface area contributed by atoms with Crippen LogP contribution in [0.3, 0.4) is 0 Å². The van der Waals surface area contributed by atoms with Gasteiger partial charge in [0.1, 0.15) is 5.75 Å². The number of amides is 1. The minimum Gasteiger partial charge on any atom is -0.489 e. The highest BCUT2D eigenvalue weighted by Gasteiger charge is 2.20. The minimum absolute atomic E-state index is 0.0823. The number of ether oxygens (including phenoxy) is 1. The number of hydrogen-bond donors (Lipinski definition) is 1. The van der Waals surface area contributed by atoms with Crippen LogP contribution in [0.2, 0.25) is 0 Å². The van der Waals surface area contributed by atoms with Gasteiger partial charge in [-0.1, -0.05) is 6.07 Å². The molecule has 20 heavy (non-hydrogen) atoms. The van der Waals surface area contributed by atoms with Crippen LogP contribution in [-0.2, 0) is 4.79 Å². The van der Waals surface area contributed by atoms with Gasteiger partial charge in [-0.2, -0.15) is 0 Å². The van der Waals surface area contributed by atoms with Crippen LogP contribution in [0.5, 0.6) is 5.75 Å². The smallest absolute Gasteiger partial charge is 0.211 e. The van der Waals surface area contributed by atoms with Crippen molar-refractivity contribution in [3.8, 4) is 5.75 Å². The SMILES string of the molecule is CC(C)Oc1cc(C2[CH]CN(C)CC2)ccc1NC=O. The molecule has 1 heterocycles. The first kappa shape index (κ1) is 14.9. The normalized spacial score (nSPS) is 17.2. The predicted octanol–water partition coefficient (Wildman–Crippen LogP) is 2.67. The Hall–Kier alpha value is -1.55. The van der Waals surface area contributed by atoms with Crippen molar-refractivity contribution in [3.63, 3.8) is 0 Å². The zero-order valence-electron chi connectivity index (χ0n) is 12.4. The molecule has 1 unspecified atom stereocenters. The van der Waals surface area contributed by atoms with E-state index in [0.717, 1.165) is 30.9 Å². The summed E-state index contributed by atoms with van der Waals surface area (Å²) in [6.07, 6.45) is 4.23. The Kier molecular flexibility index (Phi) is 5.01. The highest BCUT2D eigenvalue weighted by atomic mass is 16.5. The molecule has 4 heteroatoms. The molecule has 1 fully saturated rings. The number of nitrogens with zero attached hydrogens (tertiary/aromatic N) is 1. The first-order valence-corrected chi connectivity index (χ1v) is 7.13. The van der Waals surface area contributed by atoms with Gasteiger partial charge in [0.2, 0.25) is 6.41 Å². The molecule has 1 aromatic rings. The third-order valence-electron chi connectivity index (χ3n) is 3.53. The molecule has 1 amide bonds. The largest absolute Gasteiger partial charge is 0.489 e. The summed E-state index contributed by atoms with van der Waals surface area (Å²) in [6.45, 7) is 6.09. The highest BCUT2D eigenvalue weighted by Crippen LogP contribution is 2.33. The van der Waals surface area contributed by atoms with E-state index in [2.05, 4.69) is 35.8 Å². The fourth-order valence-corrected chi connectivity index (χ4v) is 2.48. The molecule has 0 aromatic heterocycles. The molecule has 1 atom stereocenters. The van der Waals surface area contributed by atoms with Gasteiger partial charge in [-0.15, -0.1) is 0 Å². The van der Waals surface area contributed by atoms with Crippen molar-refractivity contribution in [2.45, 2.75) is 32.3 Å². The van der Waals surface area contributed by atoms with E-state index in [1.165, 1.54) is 5.56 Å². The summed E-state index contributed by atoms with van der Waals surface area (Å²) in [6, 6.07) is 6.05. The summed E-state index contributed by atoms with van der Waals surface area (Å²) in [5.74, 6) is 1.21. The molecule has 0 bridgehead atoms. The number of anilines is 1. The number of carbonyl (C=O) groups is 1. The molecule has 1 aliphatic rings. The Balaban J connectivity index is 2.19. The third kappa shape index (κ3) is 3.73. The molecule has 1 radical (unpaired) electrons. The Morgan fingerprint density at radius 2 is 2.25 bits per heavy atom. The van der Waals surface area contributed by atoms with Crippen molar-refractivity contribution >= 4 is 12.1 Å². The lowest BCUT2D eigenvalue weighted by Crippen LogP contribution is -2.29. The Morgan fingerprint density at radius 1 is 1.45 bits per heavy atom. The van der Waals surface area contributed by atoms with Gasteiger partial charge in [0.25, 0.3) is 0 Å². The molecule has 4 nitrogen and oxygen atoms in total. The molecule has 109 valence electrons. The molecule has 0 spiro atoms. The first-order chi connectivity index (χ1) is 9.60. The van der Waals surface area contributed by atoms with Gasteiger partial charge in [0, 0.05) is 6.54 Å². The molecule has 1 saturated heterocycles. The van der Waals surface area contributed by atoms with Gasteiger partial charge in [-0.05, 0) is 63.9 Å². The summed E-state index contributed by atoms with van der Waals surface area (Å²) < 4.78 is 5.80. The highest BCUT2D eigenvalue weighted by molar-refractivity contribution is 5.75. The van der Waals surface area contributed by atoms with Crippen LogP contribution in [-0.4, -0.2) is 37.6 Å². The molecule has 0 saturated carbocycles. The van der Waals surface area contributed by atoms with E-state index in [1.807, 2.05) is 19.9 Å². The molecular weight excluding hydrogens is 252 g/mol. The van der Waals surface area contributed by atoms with Crippen LogP contribution in [0.15, 0.2) is 18.2 Å². The zero-order valence-corrected chi connectivity index (χ0v) is 12.4. The van der Waals surface area contributed by atoms with E-state index in [1.54, 1.807) is 0 Å². The third-order valence-corrected chi connectivity index (χ3v) is 3.53. The number of benzene rings is 1. The number of hydrogen-bond acceptors (Lipinski definition) is 3. The topological polar surface area (TPSA) is 41.6 Å². The van der Waals surface area contributed by atoms with Crippen molar-refractivity contribution in [2.75, 3.05) is 25.5 Å². The van der Waals surface area contributed by atoms with E-state index < -0.39 is 0 Å². The second-order valence-corrected chi connectivity index (χ2v) is 5.58. The maximum Gasteiger partial charge on any atom is 0.211 e. The summed E-state index contributed by atoms with van der Waals surface area (Å²) >= 11 is 0. The average molecular weight is 275 g/mol. The lowest BCUT2D eigenvalue weighted by Gasteiger charge is -2.29.